The largest absolute Gasteiger partial charge is 0.481 e. The zero-order chi connectivity index (χ0) is 10.8. The number of carboxylic acids is 1. The molecule has 0 aliphatic carbocycles. The molecule has 4 heteroatoms. The lowest BCUT2D eigenvalue weighted by Crippen LogP contribution is -2.21. The van der Waals surface area contributed by atoms with Crippen molar-refractivity contribution >= 4 is 28.6 Å². The van der Waals surface area contributed by atoms with E-state index < -0.39 is 5.97 Å². The Balaban J connectivity index is 2.30. The highest BCUT2D eigenvalue weighted by molar-refractivity contribution is 14.1. The number of halogens is 1. The fraction of sp³-hybridized carbons (Fsp3) is 0.364. The fourth-order valence-corrected chi connectivity index (χ4v) is 2.83. The predicted octanol–water partition coefficient (Wildman–Crippen LogP) is 1.68. The summed E-state index contributed by atoms with van der Waals surface area (Å²) in [7, 11) is 0. The first-order chi connectivity index (χ1) is 7.20. The Bertz CT molecular complexity index is 381. The molecule has 15 heavy (non-hydrogen) atoms. The van der Waals surface area contributed by atoms with E-state index >= 15 is 0 Å². The van der Waals surface area contributed by atoms with Crippen molar-refractivity contribution in [2.45, 2.75) is 5.92 Å². The first-order valence-electron chi connectivity index (χ1n) is 4.88. The molecule has 0 amide bonds. The third-order valence-corrected chi connectivity index (χ3v) is 3.82. The van der Waals surface area contributed by atoms with Gasteiger partial charge in [-0.2, -0.15) is 0 Å². The lowest BCUT2D eigenvalue weighted by atomic mass is 9.89. The van der Waals surface area contributed by atoms with Crippen LogP contribution in [0, 0.1) is 9.49 Å². The van der Waals surface area contributed by atoms with Crippen molar-refractivity contribution in [2.24, 2.45) is 5.92 Å². The summed E-state index contributed by atoms with van der Waals surface area (Å²) < 4.78 is 1.15. The Morgan fingerprint density at radius 3 is 2.80 bits per heavy atom. The van der Waals surface area contributed by atoms with Crippen molar-refractivity contribution in [1.29, 1.82) is 0 Å². The van der Waals surface area contributed by atoms with Gasteiger partial charge < -0.3 is 10.4 Å². The second-order valence-corrected chi connectivity index (χ2v) is 4.89. The molecule has 2 rings (SSSR count). The maximum Gasteiger partial charge on any atom is 0.308 e. The molecule has 0 unspecified atom stereocenters. The van der Waals surface area contributed by atoms with E-state index in [-0.39, 0.29) is 11.8 Å². The molecule has 1 aromatic rings. The van der Waals surface area contributed by atoms with E-state index in [2.05, 4.69) is 27.9 Å². The van der Waals surface area contributed by atoms with E-state index in [4.69, 9.17) is 5.11 Å². The number of nitrogens with one attached hydrogen (secondary N) is 1. The predicted molar refractivity (Wildman–Crippen MR) is 65.9 cm³/mol. The molecule has 1 saturated heterocycles. The van der Waals surface area contributed by atoms with Gasteiger partial charge in [0.15, 0.2) is 0 Å². The maximum absolute atomic E-state index is 11.1. The normalized spacial score (nSPS) is 25.4. The molecule has 0 bridgehead atoms. The Kier molecular flexibility index (Phi) is 3.25. The van der Waals surface area contributed by atoms with Crippen molar-refractivity contribution in [3.8, 4) is 0 Å². The monoisotopic (exact) mass is 317 g/mol. The highest BCUT2D eigenvalue weighted by Gasteiger charge is 2.34. The molecule has 0 aromatic heterocycles. The van der Waals surface area contributed by atoms with Crippen molar-refractivity contribution in [2.75, 3.05) is 13.1 Å². The van der Waals surface area contributed by atoms with Gasteiger partial charge in [0, 0.05) is 22.6 Å². The van der Waals surface area contributed by atoms with Gasteiger partial charge in [0.1, 0.15) is 0 Å². The average Bonchev–Trinajstić information content (AvgIpc) is 2.67. The molecule has 1 aliphatic rings. The molecule has 0 radical (unpaired) electrons. The van der Waals surface area contributed by atoms with Gasteiger partial charge in [-0.25, -0.2) is 0 Å². The average molecular weight is 317 g/mol. The number of aliphatic carboxylic acids is 1. The molecule has 1 aromatic carbocycles. The van der Waals surface area contributed by atoms with E-state index in [9.17, 15) is 4.79 Å². The van der Waals surface area contributed by atoms with Crippen molar-refractivity contribution in [3.63, 3.8) is 0 Å². The van der Waals surface area contributed by atoms with Crippen LogP contribution in [-0.2, 0) is 4.79 Å². The van der Waals surface area contributed by atoms with Crippen LogP contribution in [0.4, 0.5) is 0 Å². The van der Waals surface area contributed by atoms with E-state index in [1.165, 1.54) is 0 Å². The van der Waals surface area contributed by atoms with E-state index in [0.29, 0.717) is 6.54 Å². The number of carboxylic acid groups (broad SMARTS) is 1. The molecule has 80 valence electrons. The summed E-state index contributed by atoms with van der Waals surface area (Å²) in [6, 6.07) is 7.99. The van der Waals surface area contributed by atoms with E-state index in [0.717, 1.165) is 15.7 Å². The lowest BCUT2D eigenvalue weighted by Gasteiger charge is -2.16. The molecular weight excluding hydrogens is 305 g/mol. The number of hydrogen-bond donors (Lipinski definition) is 2. The number of rotatable bonds is 2. The maximum atomic E-state index is 11.1. The van der Waals surface area contributed by atoms with Crippen LogP contribution in [0.3, 0.4) is 0 Å². The highest BCUT2D eigenvalue weighted by Crippen LogP contribution is 2.31. The molecule has 1 heterocycles. The quantitative estimate of drug-likeness (QED) is 0.816. The van der Waals surface area contributed by atoms with Crippen LogP contribution in [-0.4, -0.2) is 24.2 Å². The number of benzene rings is 1. The first-order valence-corrected chi connectivity index (χ1v) is 5.96. The van der Waals surface area contributed by atoms with Gasteiger partial charge in [0.05, 0.1) is 5.92 Å². The summed E-state index contributed by atoms with van der Waals surface area (Å²) in [4.78, 5) is 11.1. The van der Waals surface area contributed by atoms with Crippen LogP contribution < -0.4 is 5.32 Å². The van der Waals surface area contributed by atoms with E-state index in [1.54, 1.807) is 0 Å². The Hall–Kier alpha value is -0.620. The fourth-order valence-electron chi connectivity index (χ4n) is 2.04. The first kappa shape index (κ1) is 10.9. The molecule has 0 saturated carbocycles. The lowest BCUT2D eigenvalue weighted by molar-refractivity contribution is -0.141. The molecule has 1 aliphatic heterocycles. The smallest absolute Gasteiger partial charge is 0.308 e. The molecular formula is C11H12INO2. The van der Waals surface area contributed by atoms with Gasteiger partial charge >= 0.3 is 5.97 Å². The van der Waals surface area contributed by atoms with Gasteiger partial charge in [-0.1, -0.05) is 18.2 Å². The molecule has 1 fully saturated rings. The summed E-state index contributed by atoms with van der Waals surface area (Å²) in [5, 5.41) is 12.2. The zero-order valence-electron chi connectivity index (χ0n) is 8.11. The minimum atomic E-state index is -0.704. The topological polar surface area (TPSA) is 49.3 Å². The van der Waals surface area contributed by atoms with Gasteiger partial charge in [-0.3, -0.25) is 4.79 Å². The number of carbonyl (C=O) groups is 1. The molecule has 2 atom stereocenters. The second kappa shape index (κ2) is 4.49. The summed E-state index contributed by atoms with van der Waals surface area (Å²) in [6.07, 6.45) is 0. The Morgan fingerprint density at radius 1 is 1.40 bits per heavy atom. The summed E-state index contributed by atoms with van der Waals surface area (Å²) in [5.74, 6) is -0.888. The molecule has 3 nitrogen and oxygen atoms in total. The van der Waals surface area contributed by atoms with Gasteiger partial charge in [-0.15, -0.1) is 0 Å². The Labute approximate surface area is 102 Å². The minimum absolute atomic E-state index is 0.107. The van der Waals surface area contributed by atoms with Crippen molar-refractivity contribution < 1.29 is 9.90 Å². The van der Waals surface area contributed by atoms with Crippen LogP contribution >= 0.6 is 22.6 Å². The van der Waals surface area contributed by atoms with Crippen LogP contribution in [0.2, 0.25) is 0 Å². The van der Waals surface area contributed by atoms with Crippen molar-refractivity contribution in [1.82, 2.24) is 5.32 Å². The van der Waals surface area contributed by atoms with Crippen LogP contribution in [0.5, 0.6) is 0 Å². The SMILES string of the molecule is O=C(O)[C@@H]1CNC[C@H]1c1ccccc1I. The highest BCUT2D eigenvalue weighted by atomic mass is 127. The third kappa shape index (κ3) is 2.15. The van der Waals surface area contributed by atoms with Crippen LogP contribution in [0.15, 0.2) is 24.3 Å². The minimum Gasteiger partial charge on any atom is -0.481 e. The van der Waals surface area contributed by atoms with Gasteiger partial charge in [0.25, 0.3) is 0 Å². The van der Waals surface area contributed by atoms with Crippen LogP contribution in [0.25, 0.3) is 0 Å². The van der Waals surface area contributed by atoms with Crippen LogP contribution in [0.1, 0.15) is 11.5 Å². The van der Waals surface area contributed by atoms with Gasteiger partial charge in [-0.05, 0) is 34.2 Å². The summed E-state index contributed by atoms with van der Waals surface area (Å²) in [5.41, 5.74) is 1.15. The van der Waals surface area contributed by atoms with Crippen molar-refractivity contribution in [3.05, 3.63) is 33.4 Å². The Morgan fingerprint density at radius 2 is 2.13 bits per heavy atom. The van der Waals surface area contributed by atoms with Gasteiger partial charge in [0.2, 0.25) is 0 Å². The summed E-state index contributed by atoms with van der Waals surface area (Å²) in [6.45, 7) is 1.34. The third-order valence-electron chi connectivity index (χ3n) is 2.84. The van der Waals surface area contributed by atoms with E-state index in [1.807, 2.05) is 24.3 Å². The second-order valence-electron chi connectivity index (χ2n) is 3.73. The zero-order valence-corrected chi connectivity index (χ0v) is 10.3. The molecule has 0 spiro atoms. The summed E-state index contributed by atoms with van der Waals surface area (Å²) >= 11 is 2.26. The number of hydrogen-bond acceptors (Lipinski definition) is 2. The standard InChI is InChI=1S/C11H12INO2/c12-10-4-2-1-3-7(10)8-5-13-6-9(8)11(14)15/h1-4,8-9,13H,5-6H2,(H,14,15)/t8-,9+/m0/s1. The molecule has 2 N–H and O–H groups in total.